The molecule has 4 rings (SSSR count). The molecular weight excluding hydrogens is 438 g/mol. The monoisotopic (exact) mass is 463 g/mol. The second kappa shape index (κ2) is 8.76. The van der Waals surface area contributed by atoms with Crippen molar-refractivity contribution >= 4 is 32.7 Å². The summed E-state index contributed by atoms with van der Waals surface area (Å²) in [5.74, 6) is 0.816. The van der Waals surface area contributed by atoms with Crippen LogP contribution in [0.2, 0.25) is 0 Å². The van der Waals surface area contributed by atoms with Crippen LogP contribution in [0, 0.1) is 13.8 Å². The van der Waals surface area contributed by atoms with Crippen molar-refractivity contribution in [2.75, 3.05) is 33.3 Å². The zero-order valence-electron chi connectivity index (χ0n) is 17.3. The van der Waals surface area contributed by atoms with Crippen molar-refractivity contribution in [1.29, 1.82) is 0 Å². The molecule has 30 heavy (non-hydrogen) atoms. The normalized spacial score (nSPS) is 16.1. The van der Waals surface area contributed by atoms with E-state index in [4.69, 9.17) is 9.72 Å². The predicted molar refractivity (Wildman–Crippen MR) is 122 cm³/mol. The number of thiophene rings is 1. The first kappa shape index (κ1) is 21.5. The van der Waals surface area contributed by atoms with Gasteiger partial charge in [-0.1, -0.05) is 12.1 Å². The molecule has 1 saturated heterocycles. The number of thiazole rings is 1. The van der Waals surface area contributed by atoms with Crippen LogP contribution in [0.25, 0.3) is 10.6 Å². The average molecular weight is 464 g/mol. The molecule has 0 unspecified atom stereocenters. The number of benzene rings is 1. The minimum Gasteiger partial charge on any atom is -0.496 e. The lowest BCUT2D eigenvalue weighted by Crippen LogP contribution is -2.48. The van der Waals surface area contributed by atoms with Gasteiger partial charge in [0.1, 0.15) is 10.8 Å². The first-order valence-corrected chi connectivity index (χ1v) is 12.9. The largest absolute Gasteiger partial charge is 0.496 e. The molecule has 0 N–H and O–H groups in total. The number of nitrogens with zero attached hydrogens (tertiary/aromatic N) is 3. The average Bonchev–Trinajstić information content (AvgIpc) is 3.34. The van der Waals surface area contributed by atoms with Crippen LogP contribution in [-0.2, 0) is 16.6 Å². The fraction of sp³-hybridized carbons (Fsp3) is 0.381. The number of hydrogen-bond acceptors (Lipinski definition) is 7. The van der Waals surface area contributed by atoms with Crippen LogP contribution in [0.4, 0.5) is 0 Å². The smallest absolute Gasteiger partial charge is 0.244 e. The lowest BCUT2D eigenvalue weighted by Gasteiger charge is -2.33. The van der Waals surface area contributed by atoms with Gasteiger partial charge in [0.2, 0.25) is 10.0 Å². The fourth-order valence-corrected chi connectivity index (χ4v) is 7.47. The first-order valence-electron chi connectivity index (χ1n) is 9.76. The molecule has 6 nitrogen and oxygen atoms in total. The Kier molecular flexibility index (Phi) is 6.26. The van der Waals surface area contributed by atoms with E-state index in [1.54, 1.807) is 28.8 Å². The number of hydrogen-bond donors (Lipinski definition) is 0. The number of aromatic nitrogens is 1. The molecule has 3 aromatic rings. The molecule has 160 valence electrons. The highest BCUT2D eigenvalue weighted by atomic mass is 32.2. The van der Waals surface area contributed by atoms with Gasteiger partial charge in [-0.05, 0) is 32.0 Å². The fourth-order valence-electron chi connectivity index (χ4n) is 3.68. The van der Waals surface area contributed by atoms with Crippen molar-refractivity contribution in [3.8, 4) is 16.3 Å². The number of rotatable bonds is 6. The van der Waals surface area contributed by atoms with Crippen LogP contribution < -0.4 is 4.74 Å². The molecule has 1 aromatic carbocycles. The standard InChI is InChI=1S/C21H25N3O3S3/c1-15-12-20(16(2)29-15)30(25,26)24-10-8-23(9-11-24)13-17-14-28-21(22-17)18-6-4-5-7-19(18)27-3/h4-7,12,14H,8-11,13H2,1-3H3. The molecule has 0 spiro atoms. The summed E-state index contributed by atoms with van der Waals surface area (Å²) in [5, 5.41) is 3.01. The molecule has 0 atom stereocenters. The van der Waals surface area contributed by atoms with Crippen LogP contribution in [0.3, 0.4) is 0 Å². The summed E-state index contributed by atoms with van der Waals surface area (Å²) in [6, 6.07) is 9.67. The maximum absolute atomic E-state index is 13.0. The van der Waals surface area contributed by atoms with Crippen molar-refractivity contribution in [3.05, 3.63) is 51.2 Å². The number of methoxy groups -OCH3 is 1. The molecule has 0 radical (unpaired) electrons. The lowest BCUT2D eigenvalue weighted by molar-refractivity contribution is 0.180. The van der Waals surface area contributed by atoms with Crippen LogP contribution in [0.15, 0.2) is 40.6 Å². The zero-order valence-corrected chi connectivity index (χ0v) is 19.7. The Balaban J connectivity index is 1.40. The Morgan fingerprint density at radius 2 is 1.87 bits per heavy atom. The highest BCUT2D eigenvalue weighted by Crippen LogP contribution is 2.32. The topological polar surface area (TPSA) is 62.7 Å². The van der Waals surface area contributed by atoms with E-state index < -0.39 is 10.0 Å². The van der Waals surface area contributed by atoms with Crippen LogP contribution in [-0.4, -0.2) is 55.9 Å². The molecule has 0 saturated carbocycles. The molecule has 1 aliphatic heterocycles. The van der Waals surface area contributed by atoms with Crippen molar-refractivity contribution in [1.82, 2.24) is 14.2 Å². The molecule has 0 amide bonds. The maximum atomic E-state index is 13.0. The van der Waals surface area contributed by atoms with Crippen molar-refractivity contribution in [2.24, 2.45) is 0 Å². The van der Waals surface area contributed by atoms with Gasteiger partial charge in [-0.25, -0.2) is 13.4 Å². The third-order valence-corrected chi connectivity index (χ3v) is 9.26. The Morgan fingerprint density at radius 1 is 1.13 bits per heavy atom. The molecule has 0 bridgehead atoms. The molecular formula is C21H25N3O3S3. The van der Waals surface area contributed by atoms with E-state index in [1.165, 1.54) is 11.3 Å². The van der Waals surface area contributed by atoms with E-state index >= 15 is 0 Å². The van der Waals surface area contributed by atoms with Crippen molar-refractivity contribution < 1.29 is 13.2 Å². The van der Waals surface area contributed by atoms with Crippen molar-refractivity contribution in [3.63, 3.8) is 0 Å². The number of piperazine rings is 1. The molecule has 1 fully saturated rings. The van der Waals surface area contributed by atoms with Crippen molar-refractivity contribution in [2.45, 2.75) is 25.3 Å². The van der Waals surface area contributed by atoms with Gasteiger partial charge >= 0.3 is 0 Å². The number of aryl methyl sites for hydroxylation is 2. The maximum Gasteiger partial charge on any atom is 0.244 e. The Bertz CT molecular complexity index is 1130. The Labute approximate surface area is 185 Å². The SMILES string of the molecule is COc1ccccc1-c1nc(CN2CCN(S(=O)(=O)c3cc(C)sc3C)CC2)cs1. The minimum absolute atomic E-state index is 0.458. The summed E-state index contributed by atoms with van der Waals surface area (Å²) in [7, 11) is -1.75. The molecule has 1 aliphatic rings. The minimum atomic E-state index is -3.42. The predicted octanol–water partition coefficient (Wildman–Crippen LogP) is 4.00. The Hall–Kier alpha value is -1.78. The second-order valence-corrected chi connectivity index (χ2v) is 11.5. The van der Waals surface area contributed by atoms with E-state index in [1.807, 2.05) is 38.1 Å². The van der Waals surface area contributed by atoms with Gasteiger partial charge in [-0.15, -0.1) is 22.7 Å². The zero-order chi connectivity index (χ0) is 21.3. The van der Waals surface area contributed by atoms with E-state index in [0.29, 0.717) is 31.1 Å². The highest BCUT2D eigenvalue weighted by Gasteiger charge is 2.30. The Morgan fingerprint density at radius 3 is 2.53 bits per heavy atom. The quantitative estimate of drug-likeness (QED) is 0.553. The van der Waals surface area contributed by atoms with Crippen LogP contribution >= 0.6 is 22.7 Å². The molecule has 2 aromatic heterocycles. The van der Waals surface area contributed by atoms with Gasteiger partial charge in [-0.2, -0.15) is 4.31 Å². The van der Waals surface area contributed by atoms with Gasteiger partial charge in [-0.3, -0.25) is 4.90 Å². The molecule has 0 aliphatic carbocycles. The summed E-state index contributed by atoms with van der Waals surface area (Å²) < 4.78 is 33.1. The van der Waals surface area contributed by atoms with Gasteiger partial charge in [0.25, 0.3) is 0 Å². The van der Waals surface area contributed by atoms with Gasteiger partial charge in [0.15, 0.2) is 0 Å². The summed E-state index contributed by atoms with van der Waals surface area (Å²) in [5.41, 5.74) is 2.00. The first-order chi connectivity index (χ1) is 14.4. The van der Waals surface area contributed by atoms with Gasteiger partial charge in [0.05, 0.1) is 23.3 Å². The lowest BCUT2D eigenvalue weighted by atomic mass is 10.2. The highest BCUT2D eigenvalue weighted by molar-refractivity contribution is 7.89. The van der Waals surface area contributed by atoms with E-state index in [9.17, 15) is 8.42 Å². The number of para-hydroxylation sites is 1. The third-order valence-electron chi connectivity index (χ3n) is 5.22. The molecule has 3 heterocycles. The summed E-state index contributed by atoms with van der Waals surface area (Å²) in [4.78, 5) is 9.39. The van der Waals surface area contributed by atoms with Gasteiger partial charge in [0, 0.05) is 47.9 Å². The summed E-state index contributed by atoms with van der Waals surface area (Å²) in [6.07, 6.45) is 0. The van der Waals surface area contributed by atoms with E-state index in [2.05, 4.69) is 10.3 Å². The molecule has 9 heteroatoms. The third kappa shape index (κ3) is 4.31. The van der Waals surface area contributed by atoms with Crippen LogP contribution in [0.1, 0.15) is 15.4 Å². The number of sulfonamides is 1. The van der Waals surface area contributed by atoms with Gasteiger partial charge < -0.3 is 4.74 Å². The van der Waals surface area contributed by atoms with Crippen LogP contribution in [0.5, 0.6) is 5.75 Å². The van der Waals surface area contributed by atoms with E-state index in [0.717, 1.165) is 38.3 Å². The summed E-state index contributed by atoms with van der Waals surface area (Å²) in [6.45, 7) is 6.94. The second-order valence-electron chi connectivity index (χ2n) is 7.30. The number of ether oxygens (including phenoxy) is 1. The van der Waals surface area contributed by atoms with E-state index in [-0.39, 0.29) is 0 Å². The summed E-state index contributed by atoms with van der Waals surface area (Å²) >= 11 is 3.14.